The van der Waals surface area contributed by atoms with E-state index in [1.807, 2.05) is 30.3 Å². The Bertz CT molecular complexity index is 877. The largest absolute Gasteiger partial charge is 0.371 e. The lowest BCUT2D eigenvalue weighted by Crippen LogP contribution is -2.35. The number of aromatic nitrogens is 1. The van der Waals surface area contributed by atoms with Crippen molar-refractivity contribution in [1.29, 1.82) is 0 Å². The molecule has 32 heavy (non-hydrogen) atoms. The standard InChI is InChI=1S/C26H36N4O2/c1-3-4-5-6-9-25(31)29-22-10-11-24(30-15-12-20(2)13-16-30)23(17-22)26(32)28-19-21-8-7-14-27-18-21/h7-8,10-11,14,17-18,20H,3-6,9,12-13,15-16,19H2,1-2H3,(H,28,32)(H,29,31). The van der Waals surface area contributed by atoms with Crippen molar-refractivity contribution in [2.45, 2.75) is 65.3 Å². The van der Waals surface area contributed by atoms with E-state index in [1.54, 1.807) is 12.4 Å². The molecule has 0 aliphatic carbocycles. The van der Waals surface area contributed by atoms with Gasteiger partial charge in [0.15, 0.2) is 0 Å². The zero-order chi connectivity index (χ0) is 22.8. The number of rotatable bonds is 10. The van der Waals surface area contributed by atoms with E-state index in [1.165, 1.54) is 0 Å². The van der Waals surface area contributed by atoms with E-state index < -0.39 is 0 Å². The summed E-state index contributed by atoms with van der Waals surface area (Å²) in [5.74, 6) is 0.573. The lowest BCUT2D eigenvalue weighted by Gasteiger charge is -2.33. The molecule has 2 amide bonds. The van der Waals surface area contributed by atoms with Crippen LogP contribution in [0.1, 0.15) is 74.7 Å². The number of anilines is 2. The van der Waals surface area contributed by atoms with Crippen molar-refractivity contribution < 1.29 is 9.59 Å². The fourth-order valence-electron chi connectivity index (χ4n) is 4.04. The summed E-state index contributed by atoms with van der Waals surface area (Å²) in [6.45, 7) is 6.72. The molecule has 0 unspecified atom stereocenters. The summed E-state index contributed by atoms with van der Waals surface area (Å²) in [5.41, 5.74) is 3.16. The predicted octanol–water partition coefficient (Wildman–Crippen LogP) is 5.16. The molecule has 0 atom stereocenters. The first kappa shape index (κ1) is 23.8. The molecular weight excluding hydrogens is 400 g/mol. The van der Waals surface area contributed by atoms with E-state index in [0.717, 1.165) is 62.9 Å². The van der Waals surface area contributed by atoms with Gasteiger partial charge in [0.1, 0.15) is 0 Å². The van der Waals surface area contributed by atoms with Crippen molar-refractivity contribution in [3.63, 3.8) is 0 Å². The molecule has 1 aromatic carbocycles. The second kappa shape index (κ2) is 12.2. The maximum atomic E-state index is 13.2. The molecule has 3 rings (SSSR count). The highest BCUT2D eigenvalue weighted by molar-refractivity contribution is 6.02. The quantitative estimate of drug-likeness (QED) is 0.505. The van der Waals surface area contributed by atoms with Crippen molar-refractivity contribution in [2.24, 2.45) is 5.92 Å². The van der Waals surface area contributed by atoms with Crippen LogP contribution in [0.2, 0.25) is 0 Å². The number of hydrogen-bond acceptors (Lipinski definition) is 4. The second-order valence-electron chi connectivity index (χ2n) is 8.80. The Kier molecular flexibility index (Phi) is 9.08. The summed E-state index contributed by atoms with van der Waals surface area (Å²) in [4.78, 5) is 31.9. The number of amides is 2. The van der Waals surface area contributed by atoms with Crippen molar-refractivity contribution in [2.75, 3.05) is 23.3 Å². The van der Waals surface area contributed by atoms with Crippen LogP contribution in [0.5, 0.6) is 0 Å². The maximum absolute atomic E-state index is 13.2. The topological polar surface area (TPSA) is 74.3 Å². The molecule has 1 fully saturated rings. The number of piperidine rings is 1. The molecule has 6 nitrogen and oxygen atoms in total. The number of carbonyl (C=O) groups excluding carboxylic acids is 2. The zero-order valence-electron chi connectivity index (χ0n) is 19.4. The molecule has 2 N–H and O–H groups in total. The van der Waals surface area contributed by atoms with Gasteiger partial charge >= 0.3 is 0 Å². The molecule has 1 saturated heterocycles. The Labute approximate surface area is 191 Å². The average Bonchev–Trinajstić information content (AvgIpc) is 2.81. The summed E-state index contributed by atoms with van der Waals surface area (Å²) in [5, 5.41) is 5.99. The molecule has 0 spiro atoms. The SMILES string of the molecule is CCCCCCC(=O)Nc1ccc(N2CCC(C)CC2)c(C(=O)NCc2cccnc2)c1. The van der Waals surface area contributed by atoms with Crippen LogP contribution in [0.25, 0.3) is 0 Å². The minimum atomic E-state index is -0.137. The van der Waals surface area contributed by atoms with Gasteiger partial charge in [-0.05, 0) is 55.0 Å². The van der Waals surface area contributed by atoms with E-state index >= 15 is 0 Å². The van der Waals surface area contributed by atoms with Crippen LogP contribution < -0.4 is 15.5 Å². The number of unbranched alkanes of at least 4 members (excludes halogenated alkanes) is 3. The second-order valence-corrected chi connectivity index (χ2v) is 8.80. The predicted molar refractivity (Wildman–Crippen MR) is 130 cm³/mol. The fourth-order valence-corrected chi connectivity index (χ4v) is 4.04. The van der Waals surface area contributed by atoms with Gasteiger partial charge in [0.05, 0.1) is 5.56 Å². The number of nitrogens with one attached hydrogen (secondary N) is 2. The molecule has 0 radical (unpaired) electrons. The van der Waals surface area contributed by atoms with Crippen LogP contribution in [0, 0.1) is 5.92 Å². The van der Waals surface area contributed by atoms with Gasteiger partial charge in [0, 0.05) is 49.8 Å². The summed E-state index contributed by atoms with van der Waals surface area (Å²) < 4.78 is 0. The number of hydrogen-bond donors (Lipinski definition) is 2. The first-order chi connectivity index (χ1) is 15.6. The third-order valence-electron chi connectivity index (χ3n) is 6.08. The third-order valence-corrected chi connectivity index (χ3v) is 6.08. The number of benzene rings is 1. The van der Waals surface area contributed by atoms with Crippen LogP contribution in [0.15, 0.2) is 42.7 Å². The Hall–Kier alpha value is -2.89. The highest BCUT2D eigenvalue weighted by Crippen LogP contribution is 2.29. The molecule has 1 aliphatic rings. The Morgan fingerprint density at radius 3 is 2.66 bits per heavy atom. The van der Waals surface area contributed by atoms with Gasteiger partial charge in [-0.25, -0.2) is 0 Å². The van der Waals surface area contributed by atoms with Gasteiger partial charge in [0.2, 0.25) is 5.91 Å². The van der Waals surface area contributed by atoms with Gasteiger partial charge in [0.25, 0.3) is 5.91 Å². The zero-order valence-corrected chi connectivity index (χ0v) is 19.4. The lowest BCUT2D eigenvalue weighted by atomic mass is 9.97. The molecule has 0 bridgehead atoms. The van der Waals surface area contributed by atoms with Crippen LogP contribution in [-0.2, 0) is 11.3 Å². The molecule has 172 valence electrons. The number of nitrogens with zero attached hydrogens (tertiary/aromatic N) is 2. The van der Waals surface area contributed by atoms with Crippen LogP contribution in [0.4, 0.5) is 11.4 Å². The lowest BCUT2D eigenvalue weighted by molar-refractivity contribution is -0.116. The van der Waals surface area contributed by atoms with E-state index in [0.29, 0.717) is 30.1 Å². The van der Waals surface area contributed by atoms with E-state index in [-0.39, 0.29) is 11.8 Å². The summed E-state index contributed by atoms with van der Waals surface area (Å²) >= 11 is 0. The van der Waals surface area contributed by atoms with Gasteiger partial charge in [-0.15, -0.1) is 0 Å². The van der Waals surface area contributed by atoms with Crippen molar-refractivity contribution >= 4 is 23.2 Å². The molecular formula is C26H36N4O2. The molecule has 1 aliphatic heterocycles. The van der Waals surface area contributed by atoms with Crippen molar-refractivity contribution in [3.05, 3.63) is 53.9 Å². The summed E-state index contributed by atoms with van der Waals surface area (Å²) in [7, 11) is 0. The van der Waals surface area contributed by atoms with Crippen LogP contribution in [0.3, 0.4) is 0 Å². The Balaban J connectivity index is 1.72. The minimum absolute atomic E-state index is 0.00219. The summed E-state index contributed by atoms with van der Waals surface area (Å²) in [6, 6.07) is 9.50. The Morgan fingerprint density at radius 1 is 1.12 bits per heavy atom. The molecule has 2 heterocycles. The van der Waals surface area contributed by atoms with Crippen LogP contribution in [-0.4, -0.2) is 29.9 Å². The first-order valence-electron chi connectivity index (χ1n) is 11.9. The molecule has 1 aromatic heterocycles. The minimum Gasteiger partial charge on any atom is -0.371 e. The van der Waals surface area contributed by atoms with Crippen LogP contribution >= 0.6 is 0 Å². The van der Waals surface area contributed by atoms with Gasteiger partial charge < -0.3 is 15.5 Å². The highest BCUT2D eigenvalue weighted by atomic mass is 16.2. The Morgan fingerprint density at radius 2 is 1.94 bits per heavy atom. The number of carbonyl (C=O) groups is 2. The van der Waals surface area contributed by atoms with E-state index in [4.69, 9.17) is 0 Å². The van der Waals surface area contributed by atoms with Crippen molar-refractivity contribution in [1.82, 2.24) is 10.3 Å². The summed E-state index contributed by atoms with van der Waals surface area (Å²) in [6.07, 6.45) is 10.5. The van der Waals surface area contributed by atoms with E-state index in [2.05, 4.69) is 34.4 Å². The van der Waals surface area contributed by atoms with Gasteiger partial charge in [-0.1, -0.05) is 39.2 Å². The highest BCUT2D eigenvalue weighted by Gasteiger charge is 2.22. The molecule has 2 aromatic rings. The normalized spacial score (nSPS) is 14.2. The van der Waals surface area contributed by atoms with Gasteiger partial charge in [-0.2, -0.15) is 0 Å². The van der Waals surface area contributed by atoms with Gasteiger partial charge in [-0.3, -0.25) is 14.6 Å². The third kappa shape index (κ3) is 7.08. The molecule has 6 heteroatoms. The molecule has 0 saturated carbocycles. The first-order valence-corrected chi connectivity index (χ1v) is 11.9. The fraction of sp³-hybridized carbons (Fsp3) is 0.500. The van der Waals surface area contributed by atoms with E-state index in [9.17, 15) is 9.59 Å². The maximum Gasteiger partial charge on any atom is 0.253 e. The smallest absolute Gasteiger partial charge is 0.253 e. The van der Waals surface area contributed by atoms with Crippen molar-refractivity contribution in [3.8, 4) is 0 Å². The average molecular weight is 437 g/mol. The number of pyridine rings is 1. The monoisotopic (exact) mass is 436 g/mol.